The summed E-state index contributed by atoms with van der Waals surface area (Å²) in [6.45, 7) is 6.59. The molecule has 1 saturated heterocycles. The maximum atomic E-state index is 6.47. The van der Waals surface area contributed by atoms with Crippen LogP contribution in [0, 0.1) is 0 Å². The Balaban J connectivity index is 2.81. The van der Waals surface area contributed by atoms with Crippen LogP contribution >= 0.6 is 0 Å². The summed E-state index contributed by atoms with van der Waals surface area (Å²) >= 11 is 0. The van der Waals surface area contributed by atoms with Gasteiger partial charge in [-0.2, -0.15) is 0 Å². The van der Waals surface area contributed by atoms with E-state index in [1.165, 1.54) is 38.5 Å². The highest BCUT2D eigenvalue weighted by Crippen LogP contribution is 2.42. The summed E-state index contributed by atoms with van der Waals surface area (Å²) in [5.74, 6) is -0.858. The molecule has 0 N–H and O–H groups in total. The lowest BCUT2D eigenvalue weighted by Gasteiger charge is -2.54. The quantitative estimate of drug-likeness (QED) is 0.284. The first kappa shape index (κ1) is 25.1. The van der Waals surface area contributed by atoms with E-state index < -0.39 is 17.1 Å². The molecule has 6 heteroatoms. The van der Waals surface area contributed by atoms with Crippen molar-refractivity contribution >= 4 is 23.5 Å². The van der Waals surface area contributed by atoms with Crippen LogP contribution in [0.1, 0.15) is 117 Å². The first-order valence-corrected chi connectivity index (χ1v) is 11.3. The SMILES string of the molecule is [B]C1([B])OC([B])(CCCCCC)OC(CCCCCC)(CCCCCC)O1. The molecule has 0 spiro atoms. The van der Waals surface area contributed by atoms with E-state index in [1.54, 1.807) is 0 Å². The Morgan fingerprint density at radius 2 is 0.963 bits per heavy atom. The topological polar surface area (TPSA) is 27.7 Å². The van der Waals surface area contributed by atoms with Crippen molar-refractivity contribution in [2.24, 2.45) is 0 Å². The van der Waals surface area contributed by atoms with Gasteiger partial charge >= 0.3 is 0 Å². The summed E-state index contributed by atoms with van der Waals surface area (Å²) in [4.78, 5) is 0. The Morgan fingerprint density at radius 1 is 0.519 bits per heavy atom. The molecule has 1 unspecified atom stereocenters. The van der Waals surface area contributed by atoms with Crippen molar-refractivity contribution in [2.45, 2.75) is 134 Å². The van der Waals surface area contributed by atoms with Crippen molar-refractivity contribution in [3.05, 3.63) is 0 Å². The summed E-state index contributed by atoms with van der Waals surface area (Å²) in [7, 11) is 18.7. The van der Waals surface area contributed by atoms with Crippen LogP contribution in [0.5, 0.6) is 0 Å². The summed E-state index contributed by atoms with van der Waals surface area (Å²) < 4.78 is 17.9. The van der Waals surface area contributed by atoms with E-state index in [2.05, 4.69) is 20.8 Å². The molecule has 3 nitrogen and oxygen atoms in total. The molecule has 0 aromatic heterocycles. The van der Waals surface area contributed by atoms with Crippen molar-refractivity contribution in [3.8, 4) is 0 Å². The van der Waals surface area contributed by atoms with Crippen LogP contribution in [0.2, 0.25) is 0 Å². The molecule has 6 radical (unpaired) electrons. The molecule has 1 fully saturated rings. The number of unbranched alkanes of at least 4 members (excludes halogenated alkanes) is 9. The molecule has 150 valence electrons. The Bertz CT molecular complexity index is 381. The van der Waals surface area contributed by atoms with Crippen molar-refractivity contribution in [1.29, 1.82) is 0 Å². The largest absolute Gasteiger partial charge is 0.347 e. The van der Waals surface area contributed by atoms with Gasteiger partial charge in [-0.3, -0.25) is 0 Å². The summed E-state index contributed by atoms with van der Waals surface area (Å²) in [6.07, 6.45) is 15.4. The third kappa shape index (κ3) is 9.90. The minimum Gasteiger partial charge on any atom is -0.347 e. The fourth-order valence-electron chi connectivity index (χ4n) is 3.81. The van der Waals surface area contributed by atoms with Gasteiger partial charge in [0.2, 0.25) is 0 Å². The second-order valence-corrected chi connectivity index (χ2v) is 8.18. The molecule has 1 rings (SSSR count). The molecule has 0 amide bonds. The fourth-order valence-corrected chi connectivity index (χ4v) is 3.81. The van der Waals surface area contributed by atoms with Gasteiger partial charge in [-0.25, -0.2) is 0 Å². The minimum atomic E-state index is -1.72. The van der Waals surface area contributed by atoms with Gasteiger partial charge in [-0.05, 0) is 25.7 Å². The zero-order valence-corrected chi connectivity index (χ0v) is 18.1. The lowest BCUT2D eigenvalue weighted by Crippen LogP contribution is -2.63. The lowest BCUT2D eigenvalue weighted by molar-refractivity contribution is -0.446. The van der Waals surface area contributed by atoms with E-state index in [0.717, 1.165) is 51.4 Å². The number of rotatable bonds is 15. The van der Waals surface area contributed by atoms with E-state index in [4.69, 9.17) is 37.7 Å². The lowest BCUT2D eigenvalue weighted by atomic mass is 9.73. The molecular weight excluding hydrogens is 333 g/mol. The summed E-state index contributed by atoms with van der Waals surface area (Å²) in [6, 6.07) is 0. The van der Waals surface area contributed by atoms with Gasteiger partial charge in [0.05, 0.1) is 5.59 Å². The van der Waals surface area contributed by atoms with Crippen molar-refractivity contribution < 1.29 is 14.2 Å². The van der Waals surface area contributed by atoms with Gasteiger partial charge in [0.1, 0.15) is 21.4 Å². The normalized spacial score (nSPS) is 24.1. The van der Waals surface area contributed by atoms with E-state index in [9.17, 15) is 0 Å². The maximum Gasteiger partial charge on any atom is 0.172 e. The molecule has 0 bridgehead atoms. The first-order chi connectivity index (χ1) is 12.8. The minimum absolute atomic E-state index is 0.568. The molecule has 1 heterocycles. The van der Waals surface area contributed by atoms with E-state index in [-0.39, 0.29) is 0 Å². The van der Waals surface area contributed by atoms with Crippen molar-refractivity contribution in [2.75, 3.05) is 0 Å². The molecule has 0 aromatic carbocycles. The summed E-state index contributed by atoms with van der Waals surface area (Å²) in [5.41, 5.74) is -3.00. The van der Waals surface area contributed by atoms with Crippen LogP contribution in [0.15, 0.2) is 0 Å². The van der Waals surface area contributed by atoms with Crippen molar-refractivity contribution in [1.82, 2.24) is 0 Å². The highest BCUT2D eigenvalue weighted by molar-refractivity contribution is 6.38. The Kier molecular flexibility index (Phi) is 11.7. The van der Waals surface area contributed by atoms with E-state index in [0.29, 0.717) is 6.42 Å². The zero-order chi connectivity index (χ0) is 20.2. The molecule has 0 aromatic rings. The Labute approximate surface area is 172 Å². The molecule has 1 aliphatic heterocycles. The molecule has 1 aliphatic rings. The molecule has 1 atom stereocenters. The second-order valence-electron chi connectivity index (χ2n) is 8.18. The van der Waals surface area contributed by atoms with Gasteiger partial charge in [-0.15, -0.1) is 0 Å². The van der Waals surface area contributed by atoms with Gasteiger partial charge in [0, 0.05) is 12.8 Å². The predicted octanol–water partition coefficient (Wildman–Crippen LogP) is 5.43. The molecule has 0 aliphatic carbocycles. The third-order valence-corrected chi connectivity index (χ3v) is 5.24. The molecule has 0 saturated carbocycles. The third-order valence-electron chi connectivity index (χ3n) is 5.24. The van der Waals surface area contributed by atoms with Gasteiger partial charge < -0.3 is 14.2 Å². The monoisotopic (exact) mass is 372 g/mol. The first-order valence-electron chi connectivity index (χ1n) is 11.3. The van der Waals surface area contributed by atoms with Crippen LogP contribution in [0.25, 0.3) is 0 Å². The number of hydrogen-bond donors (Lipinski definition) is 0. The predicted molar refractivity (Wildman–Crippen MR) is 115 cm³/mol. The van der Waals surface area contributed by atoms with Gasteiger partial charge in [-0.1, -0.05) is 78.6 Å². The second kappa shape index (κ2) is 12.6. The van der Waals surface area contributed by atoms with Gasteiger partial charge in [0.15, 0.2) is 13.6 Å². The van der Waals surface area contributed by atoms with Crippen molar-refractivity contribution in [3.63, 3.8) is 0 Å². The van der Waals surface area contributed by atoms with Crippen LogP contribution in [0.3, 0.4) is 0 Å². The Morgan fingerprint density at radius 3 is 1.41 bits per heavy atom. The smallest absolute Gasteiger partial charge is 0.172 e. The highest BCUT2D eigenvalue weighted by Gasteiger charge is 2.49. The zero-order valence-electron chi connectivity index (χ0n) is 18.1. The summed E-state index contributed by atoms with van der Waals surface area (Å²) in [5, 5.41) is 0. The Hall–Kier alpha value is 0.0748. The molecule has 27 heavy (non-hydrogen) atoms. The van der Waals surface area contributed by atoms with Crippen LogP contribution in [-0.2, 0) is 14.2 Å². The standard InChI is InChI=1S/C21H39B3O3/c1-4-7-10-13-16-19(17-14-11-8-5-2)25-20(22,18-15-12-9-6-3)27-21(23,24)26-19/h4-18H2,1-3H3. The highest BCUT2D eigenvalue weighted by atomic mass is 16.9. The van der Waals surface area contributed by atoms with E-state index in [1.807, 2.05) is 0 Å². The fraction of sp³-hybridized carbons (Fsp3) is 1.00. The van der Waals surface area contributed by atoms with Crippen LogP contribution in [0.4, 0.5) is 0 Å². The number of ether oxygens (including phenoxy) is 3. The van der Waals surface area contributed by atoms with E-state index >= 15 is 0 Å². The molecular formula is C21H39B3O3. The average molecular weight is 372 g/mol. The number of hydrogen-bond acceptors (Lipinski definition) is 3. The van der Waals surface area contributed by atoms with Crippen LogP contribution in [-0.4, -0.2) is 40.6 Å². The maximum absolute atomic E-state index is 6.47. The van der Waals surface area contributed by atoms with Crippen LogP contribution < -0.4 is 0 Å². The average Bonchev–Trinajstić information content (AvgIpc) is 2.58. The van der Waals surface area contributed by atoms with Gasteiger partial charge in [0.25, 0.3) is 0 Å².